The molecular formula is C23H38O. The minimum Gasteiger partial charge on any atom is -0.369 e. The summed E-state index contributed by atoms with van der Waals surface area (Å²) in [5.41, 5.74) is 1.20. The lowest BCUT2D eigenvalue weighted by molar-refractivity contribution is 0.0821. The summed E-state index contributed by atoms with van der Waals surface area (Å²) in [6.07, 6.45) is 18.5. The topological polar surface area (TPSA) is 9.23 Å². The van der Waals surface area contributed by atoms with Crippen molar-refractivity contribution in [2.75, 3.05) is 6.61 Å². The van der Waals surface area contributed by atoms with Gasteiger partial charge in [0.1, 0.15) is 6.10 Å². The number of hydrogen-bond donors (Lipinski definition) is 0. The van der Waals surface area contributed by atoms with Gasteiger partial charge in [0.2, 0.25) is 0 Å². The van der Waals surface area contributed by atoms with Crippen molar-refractivity contribution >= 4 is 0 Å². The van der Waals surface area contributed by atoms with E-state index in [0.29, 0.717) is 0 Å². The molecular weight excluding hydrogens is 292 g/mol. The number of hydrogen-bond acceptors (Lipinski definition) is 1. The fraction of sp³-hybridized carbons (Fsp3) is 0.652. The predicted molar refractivity (Wildman–Crippen MR) is 106 cm³/mol. The van der Waals surface area contributed by atoms with Gasteiger partial charge >= 0.3 is 0 Å². The van der Waals surface area contributed by atoms with E-state index in [4.69, 9.17) is 4.74 Å². The van der Waals surface area contributed by atoms with Crippen molar-refractivity contribution in [3.05, 3.63) is 48.6 Å². The minimum absolute atomic E-state index is 0.0407. The SMILES string of the molecule is C=CC(OCCCCCCCCCCCCCC)c1ccccc1. The Balaban J connectivity index is 1.89. The van der Waals surface area contributed by atoms with Crippen LogP contribution < -0.4 is 0 Å². The van der Waals surface area contributed by atoms with E-state index in [1.54, 1.807) is 0 Å². The quantitative estimate of drug-likeness (QED) is 0.223. The standard InChI is InChI=1S/C23H38O/c1-3-5-6-7-8-9-10-11-12-13-14-18-21-24-23(4-2)22-19-16-15-17-20-22/h4,15-17,19-20,23H,2-3,5-14,18,21H2,1H3. The van der Waals surface area contributed by atoms with Crippen molar-refractivity contribution in [3.63, 3.8) is 0 Å². The highest BCUT2D eigenvalue weighted by atomic mass is 16.5. The Bertz CT molecular complexity index is 384. The molecule has 24 heavy (non-hydrogen) atoms. The van der Waals surface area contributed by atoms with E-state index in [1.165, 1.54) is 76.2 Å². The van der Waals surface area contributed by atoms with Crippen molar-refractivity contribution in [3.8, 4) is 0 Å². The van der Waals surface area contributed by atoms with Gasteiger partial charge in [-0.3, -0.25) is 0 Å². The van der Waals surface area contributed by atoms with E-state index in [1.807, 2.05) is 12.1 Å². The number of ether oxygens (including phenoxy) is 1. The molecule has 1 rings (SSSR count). The molecule has 0 fully saturated rings. The fourth-order valence-electron chi connectivity index (χ4n) is 3.10. The predicted octanol–water partition coefficient (Wildman–Crippen LogP) is 7.63. The molecule has 0 saturated heterocycles. The summed E-state index contributed by atoms with van der Waals surface area (Å²) in [5.74, 6) is 0. The largest absolute Gasteiger partial charge is 0.369 e. The van der Waals surface area contributed by atoms with Gasteiger partial charge in [0, 0.05) is 6.61 Å². The highest BCUT2D eigenvalue weighted by Crippen LogP contribution is 2.19. The zero-order chi connectivity index (χ0) is 17.3. The molecule has 1 aromatic rings. The lowest BCUT2D eigenvalue weighted by Gasteiger charge is -2.14. The van der Waals surface area contributed by atoms with Crippen LogP contribution >= 0.6 is 0 Å². The van der Waals surface area contributed by atoms with Gasteiger partial charge in [-0.05, 0) is 12.0 Å². The van der Waals surface area contributed by atoms with E-state index in [9.17, 15) is 0 Å². The summed E-state index contributed by atoms with van der Waals surface area (Å²) in [4.78, 5) is 0. The molecule has 0 amide bonds. The van der Waals surface area contributed by atoms with Crippen LogP contribution in [0.25, 0.3) is 0 Å². The van der Waals surface area contributed by atoms with Crippen LogP contribution in [0.1, 0.15) is 95.6 Å². The van der Waals surface area contributed by atoms with Crippen molar-refractivity contribution in [2.24, 2.45) is 0 Å². The van der Waals surface area contributed by atoms with Crippen LogP contribution in [0.15, 0.2) is 43.0 Å². The van der Waals surface area contributed by atoms with Crippen LogP contribution in [0.3, 0.4) is 0 Å². The molecule has 136 valence electrons. The average molecular weight is 331 g/mol. The van der Waals surface area contributed by atoms with Gasteiger partial charge in [0.05, 0.1) is 0 Å². The maximum absolute atomic E-state index is 5.95. The number of benzene rings is 1. The lowest BCUT2D eigenvalue weighted by Crippen LogP contribution is -2.02. The lowest BCUT2D eigenvalue weighted by atomic mass is 10.1. The first-order valence-electron chi connectivity index (χ1n) is 10.2. The van der Waals surface area contributed by atoms with Crippen molar-refractivity contribution < 1.29 is 4.74 Å². The van der Waals surface area contributed by atoms with E-state index >= 15 is 0 Å². The smallest absolute Gasteiger partial charge is 0.100 e. The Hall–Kier alpha value is -1.08. The molecule has 0 radical (unpaired) electrons. The monoisotopic (exact) mass is 330 g/mol. The number of unbranched alkanes of at least 4 members (excludes halogenated alkanes) is 11. The second-order valence-electron chi connectivity index (χ2n) is 6.83. The summed E-state index contributed by atoms with van der Waals surface area (Å²) in [5, 5.41) is 0. The van der Waals surface area contributed by atoms with Crippen molar-refractivity contribution in [1.82, 2.24) is 0 Å². The highest BCUT2D eigenvalue weighted by molar-refractivity contribution is 5.20. The van der Waals surface area contributed by atoms with E-state index in [0.717, 1.165) is 13.0 Å². The molecule has 1 heteroatoms. The molecule has 1 atom stereocenters. The third-order valence-electron chi connectivity index (χ3n) is 4.64. The van der Waals surface area contributed by atoms with Crippen molar-refractivity contribution in [1.29, 1.82) is 0 Å². The van der Waals surface area contributed by atoms with Gasteiger partial charge in [-0.15, -0.1) is 6.58 Å². The van der Waals surface area contributed by atoms with Gasteiger partial charge in [0.15, 0.2) is 0 Å². The van der Waals surface area contributed by atoms with Crippen LogP contribution in [-0.4, -0.2) is 6.61 Å². The molecule has 1 nitrogen and oxygen atoms in total. The third kappa shape index (κ3) is 10.6. The Morgan fingerprint density at radius 2 is 1.29 bits per heavy atom. The van der Waals surface area contributed by atoms with E-state index in [2.05, 4.69) is 37.8 Å². The normalized spacial score (nSPS) is 12.2. The van der Waals surface area contributed by atoms with Crippen molar-refractivity contribution in [2.45, 2.75) is 90.1 Å². The molecule has 0 N–H and O–H groups in total. The molecule has 0 saturated carbocycles. The first-order chi connectivity index (χ1) is 11.9. The second-order valence-corrected chi connectivity index (χ2v) is 6.83. The average Bonchev–Trinajstić information content (AvgIpc) is 2.63. The van der Waals surface area contributed by atoms with Crippen LogP contribution in [0.2, 0.25) is 0 Å². The molecule has 0 spiro atoms. The van der Waals surface area contributed by atoms with Gasteiger partial charge in [0.25, 0.3) is 0 Å². The summed E-state index contributed by atoms with van der Waals surface area (Å²) < 4.78 is 5.95. The molecule has 0 aliphatic rings. The molecule has 0 bridgehead atoms. The first-order valence-corrected chi connectivity index (χ1v) is 10.2. The van der Waals surface area contributed by atoms with E-state index < -0.39 is 0 Å². The summed E-state index contributed by atoms with van der Waals surface area (Å²) in [6.45, 7) is 7.01. The van der Waals surface area contributed by atoms with Crippen LogP contribution in [-0.2, 0) is 4.74 Å². The molecule has 0 heterocycles. The molecule has 0 aliphatic heterocycles. The molecule has 0 aromatic heterocycles. The summed E-state index contributed by atoms with van der Waals surface area (Å²) >= 11 is 0. The fourth-order valence-corrected chi connectivity index (χ4v) is 3.10. The summed E-state index contributed by atoms with van der Waals surface area (Å²) in [6, 6.07) is 10.4. The minimum atomic E-state index is 0.0407. The Morgan fingerprint density at radius 3 is 1.79 bits per heavy atom. The van der Waals surface area contributed by atoms with Crippen LogP contribution in [0, 0.1) is 0 Å². The highest BCUT2D eigenvalue weighted by Gasteiger charge is 2.06. The molecule has 1 unspecified atom stereocenters. The summed E-state index contributed by atoms with van der Waals surface area (Å²) in [7, 11) is 0. The number of rotatable bonds is 16. The van der Waals surface area contributed by atoms with Gasteiger partial charge < -0.3 is 4.74 Å². The Labute approximate surface area is 150 Å². The van der Waals surface area contributed by atoms with Crippen LogP contribution in [0.5, 0.6) is 0 Å². The van der Waals surface area contributed by atoms with Crippen LogP contribution in [0.4, 0.5) is 0 Å². The molecule has 0 aliphatic carbocycles. The zero-order valence-corrected chi connectivity index (χ0v) is 15.8. The zero-order valence-electron chi connectivity index (χ0n) is 15.8. The van der Waals surface area contributed by atoms with Gasteiger partial charge in [-0.2, -0.15) is 0 Å². The second kappa shape index (κ2) is 15.4. The maximum Gasteiger partial charge on any atom is 0.100 e. The third-order valence-corrected chi connectivity index (χ3v) is 4.64. The van der Waals surface area contributed by atoms with E-state index in [-0.39, 0.29) is 6.10 Å². The maximum atomic E-state index is 5.95. The van der Waals surface area contributed by atoms with Gasteiger partial charge in [-0.1, -0.05) is 114 Å². The van der Waals surface area contributed by atoms with Gasteiger partial charge in [-0.25, -0.2) is 0 Å². The molecule has 1 aromatic carbocycles. The first kappa shape index (κ1) is 21.0. The Kier molecular flexibility index (Phi) is 13.5. The Morgan fingerprint density at radius 1 is 0.792 bits per heavy atom.